The number of rotatable bonds is 7. The lowest BCUT2D eigenvalue weighted by atomic mass is 10.2. The van der Waals surface area contributed by atoms with Gasteiger partial charge in [-0.15, -0.1) is 5.10 Å². The minimum Gasteiger partial charge on any atom is -0.325 e. The topological polar surface area (TPSA) is 123 Å². The molecule has 0 radical (unpaired) electrons. The van der Waals surface area contributed by atoms with Crippen LogP contribution in [0.25, 0.3) is 0 Å². The molecule has 9 nitrogen and oxygen atoms in total. The molecule has 0 unspecified atom stereocenters. The molecule has 2 N–H and O–H groups in total. The van der Waals surface area contributed by atoms with Crippen molar-refractivity contribution < 1.29 is 9.72 Å². The molecular weight excluding hydrogens is 334 g/mol. The summed E-state index contributed by atoms with van der Waals surface area (Å²) in [7, 11) is 0. The van der Waals surface area contributed by atoms with Gasteiger partial charge >= 0.3 is 5.69 Å². The van der Waals surface area contributed by atoms with Gasteiger partial charge in [0.2, 0.25) is 5.91 Å². The summed E-state index contributed by atoms with van der Waals surface area (Å²) in [5, 5.41) is 20.1. The van der Waals surface area contributed by atoms with Gasteiger partial charge in [0.15, 0.2) is 5.16 Å². The summed E-state index contributed by atoms with van der Waals surface area (Å²) in [4.78, 5) is 33.8. The van der Waals surface area contributed by atoms with Crippen LogP contribution in [0.4, 0.5) is 11.4 Å². The van der Waals surface area contributed by atoms with Crippen LogP contribution in [-0.4, -0.2) is 31.3 Å². The van der Waals surface area contributed by atoms with Gasteiger partial charge in [0, 0.05) is 24.4 Å². The third-order valence-electron chi connectivity index (χ3n) is 3.20. The van der Waals surface area contributed by atoms with Crippen LogP contribution in [0.15, 0.2) is 28.2 Å². The van der Waals surface area contributed by atoms with Crippen LogP contribution in [0.2, 0.25) is 0 Å². The quantitative estimate of drug-likeness (QED) is 0.446. The number of hydrogen-bond acceptors (Lipinski definition) is 6. The number of nitrogens with one attached hydrogen (secondary N) is 2. The van der Waals surface area contributed by atoms with Crippen LogP contribution >= 0.6 is 11.8 Å². The molecule has 0 saturated heterocycles. The van der Waals surface area contributed by atoms with Gasteiger partial charge in [-0.3, -0.25) is 19.5 Å². The Morgan fingerprint density at radius 2 is 2.25 bits per heavy atom. The molecule has 0 spiro atoms. The summed E-state index contributed by atoms with van der Waals surface area (Å²) in [6, 6.07) is 4.23. The molecular formula is C14H17N5O4S. The minimum atomic E-state index is -0.487. The number of benzene rings is 1. The van der Waals surface area contributed by atoms with E-state index in [-0.39, 0.29) is 23.0 Å². The largest absolute Gasteiger partial charge is 0.343 e. The highest BCUT2D eigenvalue weighted by Gasteiger charge is 2.13. The first-order valence-electron chi connectivity index (χ1n) is 7.25. The Kier molecular flexibility index (Phi) is 5.74. The molecule has 0 atom stereocenters. The number of non-ortho nitro benzene ring substituents is 1. The Bertz CT molecular complexity index is 814. The van der Waals surface area contributed by atoms with Gasteiger partial charge in [-0.05, 0) is 25.0 Å². The van der Waals surface area contributed by atoms with E-state index in [9.17, 15) is 19.7 Å². The number of carbonyl (C=O) groups is 1. The SMILES string of the molecule is CCCn1c(SCC(=O)Nc2ccc([N+](=O)[O-])cc2C)n[nH]c1=O. The molecule has 1 aromatic heterocycles. The van der Waals surface area contributed by atoms with Gasteiger partial charge < -0.3 is 5.32 Å². The number of carbonyl (C=O) groups excluding carboxylic acids is 1. The lowest BCUT2D eigenvalue weighted by Crippen LogP contribution is -2.18. The van der Waals surface area contributed by atoms with Crippen molar-refractivity contribution in [2.45, 2.75) is 32.0 Å². The molecule has 0 saturated carbocycles. The maximum absolute atomic E-state index is 12.0. The second kappa shape index (κ2) is 7.77. The predicted molar refractivity (Wildman–Crippen MR) is 90.3 cm³/mol. The smallest absolute Gasteiger partial charge is 0.325 e. The average molecular weight is 351 g/mol. The lowest BCUT2D eigenvalue weighted by molar-refractivity contribution is -0.384. The van der Waals surface area contributed by atoms with Crippen molar-refractivity contribution in [2.24, 2.45) is 0 Å². The molecule has 1 aromatic carbocycles. The average Bonchev–Trinajstić information content (AvgIpc) is 2.88. The number of aryl methyl sites for hydroxylation is 1. The molecule has 24 heavy (non-hydrogen) atoms. The lowest BCUT2D eigenvalue weighted by Gasteiger charge is -2.08. The molecule has 0 aliphatic carbocycles. The van der Waals surface area contributed by atoms with Crippen molar-refractivity contribution in [3.8, 4) is 0 Å². The van der Waals surface area contributed by atoms with Crippen LogP contribution < -0.4 is 11.0 Å². The highest BCUT2D eigenvalue weighted by atomic mass is 32.2. The molecule has 1 heterocycles. The zero-order valence-electron chi connectivity index (χ0n) is 13.2. The Hall–Kier alpha value is -2.62. The molecule has 0 bridgehead atoms. The van der Waals surface area contributed by atoms with Crippen molar-refractivity contribution in [1.29, 1.82) is 0 Å². The fraction of sp³-hybridized carbons (Fsp3) is 0.357. The number of nitrogens with zero attached hydrogens (tertiary/aromatic N) is 3. The van der Waals surface area contributed by atoms with Crippen LogP contribution in [-0.2, 0) is 11.3 Å². The number of thioether (sulfide) groups is 1. The van der Waals surface area contributed by atoms with Crippen LogP contribution in [0.5, 0.6) is 0 Å². The first kappa shape index (κ1) is 17.7. The van der Waals surface area contributed by atoms with E-state index < -0.39 is 4.92 Å². The van der Waals surface area contributed by atoms with E-state index in [4.69, 9.17) is 0 Å². The molecule has 1 amide bonds. The van der Waals surface area contributed by atoms with Gasteiger partial charge in [-0.25, -0.2) is 9.89 Å². The molecule has 2 aromatic rings. The number of nitro benzene ring substituents is 1. The van der Waals surface area contributed by atoms with Crippen LogP contribution in [0.1, 0.15) is 18.9 Å². The fourth-order valence-electron chi connectivity index (χ4n) is 2.05. The second-order valence-electron chi connectivity index (χ2n) is 5.06. The van der Waals surface area contributed by atoms with Gasteiger partial charge in [0.05, 0.1) is 10.7 Å². The highest BCUT2D eigenvalue weighted by molar-refractivity contribution is 7.99. The van der Waals surface area contributed by atoms with Crippen LogP contribution in [0.3, 0.4) is 0 Å². The maximum atomic E-state index is 12.0. The Morgan fingerprint density at radius 3 is 2.88 bits per heavy atom. The Balaban J connectivity index is 1.99. The molecule has 0 aliphatic rings. The van der Waals surface area contributed by atoms with E-state index in [0.29, 0.717) is 23.0 Å². The van der Waals surface area contributed by atoms with Crippen LogP contribution in [0, 0.1) is 17.0 Å². The van der Waals surface area contributed by atoms with Gasteiger partial charge in [0.1, 0.15) is 0 Å². The minimum absolute atomic E-state index is 0.0278. The number of aromatic nitrogens is 3. The van der Waals surface area contributed by atoms with Gasteiger partial charge in [-0.1, -0.05) is 18.7 Å². The summed E-state index contributed by atoms with van der Waals surface area (Å²) in [5.41, 5.74) is 0.787. The monoisotopic (exact) mass is 351 g/mol. The Labute approximate surface area is 141 Å². The number of H-pyrrole nitrogens is 1. The molecule has 10 heteroatoms. The summed E-state index contributed by atoms with van der Waals surface area (Å²) in [6.45, 7) is 4.15. The number of nitro groups is 1. The number of hydrogen-bond donors (Lipinski definition) is 2. The van der Waals surface area contributed by atoms with Gasteiger partial charge in [-0.2, -0.15) is 0 Å². The van der Waals surface area contributed by atoms with Crippen molar-refractivity contribution in [3.05, 3.63) is 44.4 Å². The highest BCUT2D eigenvalue weighted by Crippen LogP contribution is 2.22. The van der Waals surface area contributed by atoms with E-state index >= 15 is 0 Å². The summed E-state index contributed by atoms with van der Waals surface area (Å²) in [5.74, 6) is -0.208. The number of aromatic amines is 1. The summed E-state index contributed by atoms with van der Waals surface area (Å²) >= 11 is 1.15. The van der Waals surface area contributed by atoms with E-state index in [1.165, 1.54) is 22.8 Å². The van der Waals surface area contributed by atoms with E-state index in [0.717, 1.165) is 18.2 Å². The van der Waals surface area contributed by atoms with Crippen molar-refractivity contribution >= 4 is 29.0 Å². The molecule has 2 rings (SSSR count). The Morgan fingerprint density at radius 1 is 1.50 bits per heavy atom. The van der Waals surface area contributed by atoms with Crippen molar-refractivity contribution in [3.63, 3.8) is 0 Å². The zero-order valence-corrected chi connectivity index (χ0v) is 14.1. The molecule has 128 valence electrons. The normalized spacial score (nSPS) is 10.6. The third kappa shape index (κ3) is 4.22. The van der Waals surface area contributed by atoms with Gasteiger partial charge in [0.25, 0.3) is 5.69 Å². The number of amides is 1. The fourth-order valence-corrected chi connectivity index (χ4v) is 2.82. The second-order valence-corrected chi connectivity index (χ2v) is 6.00. The van der Waals surface area contributed by atoms with Crippen molar-refractivity contribution in [1.82, 2.24) is 14.8 Å². The standard InChI is InChI=1S/C14H17N5O4S/c1-3-6-18-13(21)16-17-14(18)24-8-12(20)15-11-5-4-10(19(22)23)7-9(11)2/h4-5,7H,3,6,8H2,1-2H3,(H,15,20)(H,16,21). The molecule has 0 aliphatic heterocycles. The molecule has 0 fully saturated rings. The van der Waals surface area contributed by atoms with E-state index in [1.54, 1.807) is 6.92 Å². The first-order chi connectivity index (χ1) is 11.4. The van der Waals surface area contributed by atoms with E-state index in [2.05, 4.69) is 15.5 Å². The number of anilines is 1. The predicted octanol–water partition coefficient (Wildman–Crippen LogP) is 1.93. The summed E-state index contributed by atoms with van der Waals surface area (Å²) < 4.78 is 1.48. The summed E-state index contributed by atoms with van der Waals surface area (Å²) in [6.07, 6.45) is 0.779. The van der Waals surface area contributed by atoms with Crippen molar-refractivity contribution in [2.75, 3.05) is 11.1 Å². The third-order valence-corrected chi connectivity index (χ3v) is 4.17. The first-order valence-corrected chi connectivity index (χ1v) is 8.23. The zero-order chi connectivity index (χ0) is 17.7. The maximum Gasteiger partial charge on any atom is 0.343 e. The van der Waals surface area contributed by atoms with E-state index in [1.807, 2.05) is 6.92 Å².